The number of alkyl halides is 3. The van der Waals surface area contributed by atoms with E-state index >= 15 is 0 Å². The Morgan fingerprint density at radius 2 is 1.79 bits per heavy atom. The first-order valence-electron chi connectivity index (χ1n) is 10.7. The van der Waals surface area contributed by atoms with Gasteiger partial charge in [0.25, 0.3) is 0 Å². The molecule has 1 atom stereocenters. The molecule has 184 valence electrons. The fraction of sp³-hybridized carbons (Fsp3) is 0.571. The molecule has 0 aromatic heterocycles. The van der Waals surface area contributed by atoms with E-state index in [1.165, 1.54) is 6.07 Å². The summed E-state index contributed by atoms with van der Waals surface area (Å²) in [4.78, 5) is 39.6. The van der Waals surface area contributed by atoms with Crippen LogP contribution in [0.1, 0.15) is 32.3 Å². The Hall–Kier alpha value is -2.53. The van der Waals surface area contributed by atoms with Crippen LogP contribution in [0.15, 0.2) is 18.2 Å². The maximum Gasteiger partial charge on any atom is 0.417 e. The number of carbonyl (C=O) groups excluding carboxylic acids is 3. The van der Waals surface area contributed by atoms with Crippen LogP contribution in [0.5, 0.6) is 0 Å². The smallest absolute Gasteiger partial charge is 0.354 e. The number of amides is 4. The predicted molar refractivity (Wildman–Crippen MR) is 119 cm³/mol. The van der Waals surface area contributed by atoms with E-state index in [-0.39, 0.29) is 43.2 Å². The molecule has 0 saturated carbocycles. The van der Waals surface area contributed by atoms with Gasteiger partial charge in [0.05, 0.1) is 17.1 Å². The van der Waals surface area contributed by atoms with Crippen molar-refractivity contribution in [2.75, 3.05) is 44.6 Å². The molecule has 0 spiro atoms. The summed E-state index contributed by atoms with van der Waals surface area (Å²) in [5, 5.41) is 7.55. The van der Waals surface area contributed by atoms with Crippen molar-refractivity contribution >= 4 is 35.1 Å². The van der Waals surface area contributed by atoms with Crippen molar-refractivity contribution < 1.29 is 27.6 Å². The van der Waals surface area contributed by atoms with Crippen molar-refractivity contribution in [2.45, 2.75) is 38.9 Å². The molecular weight excluding hydrogens is 463 g/mol. The van der Waals surface area contributed by atoms with E-state index in [0.717, 1.165) is 18.6 Å². The minimum atomic E-state index is -4.62. The monoisotopic (exact) mass is 491 g/mol. The van der Waals surface area contributed by atoms with E-state index in [9.17, 15) is 27.6 Å². The number of nitrogens with one attached hydrogen (secondary N) is 3. The van der Waals surface area contributed by atoms with Crippen molar-refractivity contribution in [1.29, 1.82) is 0 Å². The summed E-state index contributed by atoms with van der Waals surface area (Å²) in [6.45, 7) is 5.73. The topological polar surface area (TPSA) is 93.8 Å². The van der Waals surface area contributed by atoms with Crippen LogP contribution in [0.25, 0.3) is 0 Å². The van der Waals surface area contributed by atoms with Crippen LogP contribution in [-0.2, 0) is 15.8 Å². The Bertz CT molecular complexity index is 845. The average Bonchev–Trinajstić information content (AvgIpc) is 2.74. The minimum Gasteiger partial charge on any atom is -0.354 e. The molecule has 1 aromatic carbocycles. The first-order valence-corrected chi connectivity index (χ1v) is 11.1. The fourth-order valence-electron chi connectivity index (χ4n) is 3.18. The summed E-state index contributed by atoms with van der Waals surface area (Å²) < 4.78 is 38.9. The lowest BCUT2D eigenvalue weighted by molar-refractivity contribution is -0.137. The Labute approximate surface area is 195 Å². The Morgan fingerprint density at radius 1 is 1.12 bits per heavy atom. The van der Waals surface area contributed by atoms with Crippen LogP contribution in [0.2, 0.25) is 5.02 Å². The molecule has 1 heterocycles. The van der Waals surface area contributed by atoms with Gasteiger partial charge in [-0.3, -0.25) is 14.5 Å². The van der Waals surface area contributed by atoms with Crippen molar-refractivity contribution in [3.63, 3.8) is 0 Å². The maximum atomic E-state index is 13.0. The van der Waals surface area contributed by atoms with Crippen molar-refractivity contribution in [3.8, 4) is 0 Å². The summed E-state index contributed by atoms with van der Waals surface area (Å²) in [7, 11) is 0. The van der Waals surface area contributed by atoms with Crippen LogP contribution in [0.3, 0.4) is 0 Å². The second-order valence-corrected chi connectivity index (χ2v) is 8.27. The predicted octanol–water partition coefficient (Wildman–Crippen LogP) is 2.93. The van der Waals surface area contributed by atoms with Gasteiger partial charge >= 0.3 is 12.2 Å². The lowest BCUT2D eigenvalue weighted by Gasteiger charge is -2.34. The van der Waals surface area contributed by atoms with Crippen LogP contribution < -0.4 is 16.0 Å². The molecule has 1 aliphatic rings. The molecule has 0 aliphatic carbocycles. The molecule has 1 unspecified atom stereocenters. The van der Waals surface area contributed by atoms with Crippen LogP contribution in [0, 0.1) is 0 Å². The summed E-state index contributed by atoms with van der Waals surface area (Å²) >= 11 is 5.59. The number of urea groups is 1. The number of hydrogen-bond acceptors (Lipinski definition) is 4. The largest absolute Gasteiger partial charge is 0.417 e. The molecule has 33 heavy (non-hydrogen) atoms. The van der Waals surface area contributed by atoms with Crippen molar-refractivity contribution in [2.24, 2.45) is 0 Å². The molecule has 1 fully saturated rings. The lowest BCUT2D eigenvalue weighted by atomic mass is 10.2. The standard InChI is InChI=1S/C21H29ClF3N5O3/c1-3-14(2)27-18(31)6-7-26-20(33)30-10-8-29(9-11-30)13-19(32)28-15-4-5-17(22)16(12-15)21(23,24)25/h4-5,12,14H,3,6-11,13H2,1-2H3,(H,26,33)(H,27,31)(H,28,32). The molecule has 3 N–H and O–H groups in total. The summed E-state index contributed by atoms with van der Waals surface area (Å²) in [5.41, 5.74) is -1.01. The molecule has 4 amide bonds. The molecule has 2 rings (SSSR count). The lowest BCUT2D eigenvalue weighted by Crippen LogP contribution is -2.53. The number of hydrogen-bond donors (Lipinski definition) is 3. The first-order chi connectivity index (χ1) is 15.5. The van der Waals surface area contributed by atoms with Gasteiger partial charge in [0.1, 0.15) is 0 Å². The Kier molecular flexibility index (Phi) is 9.78. The number of carbonyl (C=O) groups is 3. The Balaban J connectivity index is 1.73. The average molecular weight is 492 g/mol. The van der Waals surface area contributed by atoms with Gasteiger partial charge in [-0.1, -0.05) is 18.5 Å². The molecule has 1 saturated heterocycles. The van der Waals surface area contributed by atoms with Gasteiger partial charge < -0.3 is 20.9 Å². The van der Waals surface area contributed by atoms with Gasteiger partial charge in [-0.2, -0.15) is 13.2 Å². The fourth-order valence-corrected chi connectivity index (χ4v) is 3.40. The zero-order valence-electron chi connectivity index (χ0n) is 18.6. The first kappa shape index (κ1) is 26.7. The third-order valence-electron chi connectivity index (χ3n) is 5.23. The van der Waals surface area contributed by atoms with Gasteiger partial charge in [-0.25, -0.2) is 4.79 Å². The number of rotatable bonds is 8. The molecule has 1 aliphatic heterocycles. The van der Waals surface area contributed by atoms with E-state index in [4.69, 9.17) is 11.6 Å². The Morgan fingerprint density at radius 3 is 2.39 bits per heavy atom. The van der Waals surface area contributed by atoms with Crippen molar-refractivity contribution in [3.05, 3.63) is 28.8 Å². The summed E-state index contributed by atoms with van der Waals surface area (Å²) in [6.07, 6.45) is -3.60. The van der Waals surface area contributed by atoms with Crippen LogP contribution >= 0.6 is 11.6 Å². The quantitative estimate of drug-likeness (QED) is 0.521. The summed E-state index contributed by atoms with van der Waals surface area (Å²) in [5.74, 6) is -0.584. The van der Waals surface area contributed by atoms with E-state index < -0.39 is 22.7 Å². The van der Waals surface area contributed by atoms with Gasteiger partial charge in [-0.05, 0) is 31.5 Å². The van der Waals surface area contributed by atoms with E-state index in [0.29, 0.717) is 26.2 Å². The number of piperazine rings is 1. The van der Waals surface area contributed by atoms with E-state index in [1.54, 1.807) is 9.80 Å². The third-order valence-corrected chi connectivity index (χ3v) is 5.56. The highest BCUT2D eigenvalue weighted by atomic mass is 35.5. The highest BCUT2D eigenvalue weighted by Gasteiger charge is 2.33. The number of halogens is 4. The highest BCUT2D eigenvalue weighted by molar-refractivity contribution is 6.31. The number of nitrogens with zero attached hydrogens (tertiary/aromatic N) is 2. The van der Waals surface area contributed by atoms with Gasteiger partial charge in [-0.15, -0.1) is 0 Å². The van der Waals surface area contributed by atoms with Crippen molar-refractivity contribution in [1.82, 2.24) is 20.4 Å². The molecular formula is C21H29ClF3N5O3. The van der Waals surface area contributed by atoms with Gasteiger partial charge in [0.15, 0.2) is 0 Å². The second-order valence-electron chi connectivity index (χ2n) is 7.86. The number of anilines is 1. The normalized spacial score (nSPS) is 15.6. The molecule has 1 aromatic rings. The zero-order chi connectivity index (χ0) is 24.6. The molecule has 0 bridgehead atoms. The zero-order valence-corrected chi connectivity index (χ0v) is 19.4. The molecule has 0 radical (unpaired) electrons. The van der Waals surface area contributed by atoms with Gasteiger partial charge in [0.2, 0.25) is 11.8 Å². The minimum absolute atomic E-state index is 0.00658. The van der Waals surface area contributed by atoms with Crippen LogP contribution in [0.4, 0.5) is 23.7 Å². The maximum absolute atomic E-state index is 13.0. The van der Waals surface area contributed by atoms with Crippen LogP contribution in [-0.4, -0.2) is 73.0 Å². The number of benzene rings is 1. The van der Waals surface area contributed by atoms with E-state index in [1.807, 2.05) is 13.8 Å². The third kappa shape index (κ3) is 8.73. The second kappa shape index (κ2) is 12.1. The molecule has 8 nitrogen and oxygen atoms in total. The SMILES string of the molecule is CCC(C)NC(=O)CCNC(=O)N1CCN(CC(=O)Nc2ccc(Cl)c(C(F)(F)F)c2)CC1. The molecule has 12 heteroatoms. The highest BCUT2D eigenvalue weighted by Crippen LogP contribution is 2.36. The summed E-state index contributed by atoms with van der Waals surface area (Å²) in [6, 6.07) is 3.00. The van der Waals surface area contributed by atoms with E-state index in [2.05, 4.69) is 16.0 Å². The van der Waals surface area contributed by atoms with Gasteiger partial charge in [0, 0.05) is 50.9 Å².